The van der Waals surface area contributed by atoms with Gasteiger partial charge in [-0.25, -0.2) is 0 Å². The van der Waals surface area contributed by atoms with Crippen molar-refractivity contribution in [3.63, 3.8) is 0 Å². The van der Waals surface area contributed by atoms with Crippen LogP contribution in [0, 0.1) is 0 Å². The van der Waals surface area contributed by atoms with Crippen molar-refractivity contribution in [3.8, 4) is 5.75 Å². The fraction of sp³-hybridized carbons (Fsp3) is 0.571. The summed E-state index contributed by atoms with van der Waals surface area (Å²) >= 11 is 3.34. The number of unbranched alkanes of at least 4 members (excludes halogenated alkanes) is 1. The lowest BCUT2D eigenvalue weighted by atomic mass is 10.0. The topological polar surface area (TPSA) is 32.3 Å². The number of benzene rings is 1. The third-order valence-electron chi connectivity index (χ3n) is 3.05. The van der Waals surface area contributed by atoms with Gasteiger partial charge < -0.3 is 10.4 Å². The first kappa shape index (κ1) is 17.3. The maximum atomic E-state index is 12.0. The zero-order chi connectivity index (χ0) is 15.2. The molecule has 2 N–H and O–H groups in total. The summed E-state index contributed by atoms with van der Waals surface area (Å²) < 4.78 is 36.9. The van der Waals surface area contributed by atoms with E-state index in [2.05, 4.69) is 21.2 Å². The molecule has 6 heteroatoms. The molecule has 1 aromatic carbocycles. The molecule has 0 spiro atoms. The Kier molecular flexibility index (Phi) is 6.82. The highest BCUT2D eigenvalue weighted by Crippen LogP contribution is 2.29. The summed E-state index contributed by atoms with van der Waals surface area (Å²) in [5.74, 6) is 0.197. The lowest BCUT2D eigenvalue weighted by Gasteiger charge is -2.19. The first-order chi connectivity index (χ1) is 9.33. The van der Waals surface area contributed by atoms with Crippen LogP contribution in [0.5, 0.6) is 5.75 Å². The second-order valence-corrected chi connectivity index (χ2v) is 5.61. The molecule has 0 heterocycles. The first-order valence-electron chi connectivity index (χ1n) is 6.62. The van der Waals surface area contributed by atoms with Gasteiger partial charge in [0.1, 0.15) is 5.75 Å². The molecule has 0 radical (unpaired) electrons. The Labute approximate surface area is 125 Å². The Morgan fingerprint density at radius 1 is 1.30 bits per heavy atom. The molecule has 114 valence electrons. The van der Waals surface area contributed by atoms with E-state index in [-0.39, 0.29) is 18.2 Å². The number of hydrogen-bond donors (Lipinski definition) is 2. The Balaban J connectivity index is 2.45. The van der Waals surface area contributed by atoms with Gasteiger partial charge in [0.15, 0.2) is 0 Å². The van der Waals surface area contributed by atoms with Gasteiger partial charge in [-0.3, -0.25) is 0 Å². The third-order valence-corrected chi connectivity index (χ3v) is 3.54. The molecule has 0 aliphatic carbocycles. The molecular weight excluding hydrogens is 335 g/mol. The van der Waals surface area contributed by atoms with Crippen molar-refractivity contribution < 1.29 is 18.3 Å². The summed E-state index contributed by atoms with van der Waals surface area (Å²) in [5, 5.41) is 13.0. The van der Waals surface area contributed by atoms with Gasteiger partial charge in [-0.05, 0) is 44.0 Å². The van der Waals surface area contributed by atoms with E-state index in [4.69, 9.17) is 0 Å². The van der Waals surface area contributed by atoms with Crippen LogP contribution in [0.2, 0.25) is 0 Å². The molecule has 0 amide bonds. The van der Waals surface area contributed by atoms with E-state index in [0.717, 1.165) is 16.5 Å². The number of alkyl halides is 3. The lowest BCUT2D eigenvalue weighted by Crippen LogP contribution is -2.22. The minimum absolute atomic E-state index is 0.0570. The standard InChI is InChI=1S/C14H19BrF3NO/c1-2-12(11-9-10(15)5-6-13(11)20)19-8-4-3-7-14(16,17)18/h5-6,9,12,19-20H,2-4,7-8H2,1H3. The van der Waals surface area contributed by atoms with Gasteiger partial charge in [0.05, 0.1) is 0 Å². The molecule has 0 aliphatic heterocycles. The third kappa shape index (κ3) is 6.13. The Bertz CT molecular complexity index is 423. The maximum absolute atomic E-state index is 12.0. The highest BCUT2D eigenvalue weighted by atomic mass is 79.9. The van der Waals surface area contributed by atoms with Crippen LogP contribution in [0.15, 0.2) is 22.7 Å². The van der Waals surface area contributed by atoms with Crippen molar-refractivity contribution in [2.24, 2.45) is 0 Å². The fourth-order valence-corrected chi connectivity index (χ4v) is 2.38. The normalized spacial score (nSPS) is 13.4. The zero-order valence-electron chi connectivity index (χ0n) is 11.3. The molecule has 1 atom stereocenters. The van der Waals surface area contributed by atoms with Crippen LogP contribution < -0.4 is 5.32 Å². The van der Waals surface area contributed by atoms with E-state index in [1.54, 1.807) is 12.1 Å². The van der Waals surface area contributed by atoms with Gasteiger partial charge in [0, 0.05) is 22.5 Å². The Hall–Kier alpha value is -0.750. The summed E-state index contributed by atoms with van der Waals surface area (Å²) in [6, 6.07) is 5.12. The summed E-state index contributed by atoms with van der Waals surface area (Å²) in [4.78, 5) is 0. The SMILES string of the molecule is CCC(NCCCCC(F)(F)F)c1cc(Br)ccc1O. The van der Waals surface area contributed by atoms with Gasteiger partial charge in [0.2, 0.25) is 0 Å². The molecule has 0 aliphatic rings. The molecule has 1 aromatic rings. The van der Waals surface area contributed by atoms with Gasteiger partial charge in [0.25, 0.3) is 0 Å². The van der Waals surface area contributed by atoms with Crippen molar-refractivity contribution in [1.82, 2.24) is 5.32 Å². The highest BCUT2D eigenvalue weighted by Gasteiger charge is 2.25. The average Bonchev–Trinajstić information content (AvgIpc) is 2.36. The number of nitrogens with one attached hydrogen (secondary N) is 1. The molecule has 1 unspecified atom stereocenters. The number of halogens is 4. The lowest BCUT2D eigenvalue weighted by molar-refractivity contribution is -0.135. The quantitative estimate of drug-likeness (QED) is 0.681. The molecule has 2 nitrogen and oxygen atoms in total. The number of hydrogen-bond acceptors (Lipinski definition) is 2. The van der Waals surface area contributed by atoms with Gasteiger partial charge in [-0.2, -0.15) is 13.2 Å². The molecule has 0 bridgehead atoms. The Morgan fingerprint density at radius 2 is 2.00 bits per heavy atom. The van der Waals surface area contributed by atoms with Crippen LogP contribution in [0.25, 0.3) is 0 Å². The predicted octanol–water partition coefficient (Wildman–Crippen LogP) is 4.93. The summed E-state index contributed by atoms with van der Waals surface area (Å²) in [6.45, 7) is 2.47. The second-order valence-electron chi connectivity index (χ2n) is 4.69. The van der Waals surface area contributed by atoms with E-state index in [1.807, 2.05) is 13.0 Å². The molecule has 0 saturated heterocycles. The maximum Gasteiger partial charge on any atom is 0.389 e. The van der Waals surface area contributed by atoms with E-state index >= 15 is 0 Å². The van der Waals surface area contributed by atoms with Crippen molar-refractivity contribution >= 4 is 15.9 Å². The molecule has 1 rings (SSSR count). The molecule has 0 aromatic heterocycles. The van der Waals surface area contributed by atoms with E-state index in [1.165, 1.54) is 0 Å². The molecule has 0 saturated carbocycles. The van der Waals surface area contributed by atoms with E-state index in [0.29, 0.717) is 13.0 Å². The van der Waals surface area contributed by atoms with Crippen LogP contribution in [-0.4, -0.2) is 17.8 Å². The van der Waals surface area contributed by atoms with Crippen LogP contribution >= 0.6 is 15.9 Å². The highest BCUT2D eigenvalue weighted by molar-refractivity contribution is 9.10. The minimum Gasteiger partial charge on any atom is -0.508 e. The smallest absolute Gasteiger partial charge is 0.389 e. The molecule has 20 heavy (non-hydrogen) atoms. The number of phenols is 1. The molecule has 0 fully saturated rings. The van der Waals surface area contributed by atoms with Crippen molar-refractivity contribution in [2.75, 3.05) is 6.54 Å². The molecular formula is C14H19BrF3NO. The number of phenolic OH excluding ortho intramolecular Hbond substituents is 1. The van der Waals surface area contributed by atoms with Gasteiger partial charge in [-0.15, -0.1) is 0 Å². The number of rotatable bonds is 7. The van der Waals surface area contributed by atoms with Crippen LogP contribution in [0.1, 0.15) is 44.2 Å². The Morgan fingerprint density at radius 3 is 2.60 bits per heavy atom. The summed E-state index contributed by atoms with van der Waals surface area (Å²) in [7, 11) is 0. The zero-order valence-corrected chi connectivity index (χ0v) is 12.9. The van der Waals surface area contributed by atoms with Crippen molar-refractivity contribution in [2.45, 2.75) is 44.8 Å². The predicted molar refractivity (Wildman–Crippen MR) is 76.7 cm³/mol. The van der Waals surface area contributed by atoms with Gasteiger partial charge in [-0.1, -0.05) is 22.9 Å². The van der Waals surface area contributed by atoms with E-state index < -0.39 is 12.6 Å². The van der Waals surface area contributed by atoms with Crippen molar-refractivity contribution in [1.29, 1.82) is 0 Å². The number of aromatic hydroxyl groups is 1. The van der Waals surface area contributed by atoms with Crippen molar-refractivity contribution in [3.05, 3.63) is 28.2 Å². The van der Waals surface area contributed by atoms with Crippen LogP contribution in [-0.2, 0) is 0 Å². The monoisotopic (exact) mass is 353 g/mol. The van der Waals surface area contributed by atoms with E-state index in [9.17, 15) is 18.3 Å². The van der Waals surface area contributed by atoms with Crippen LogP contribution in [0.4, 0.5) is 13.2 Å². The minimum atomic E-state index is -4.08. The summed E-state index contributed by atoms with van der Waals surface area (Å²) in [5.41, 5.74) is 0.762. The van der Waals surface area contributed by atoms with Gasteiger partial charge >= 0.3 is 6.18 Å². The summed E-state index contributed by atoms with van der Waals surface area (Å²) in [6.07, 6.45) is -3.48. The first-order valence-corrected chi connectivity index (χ1v) is 7.41. The largest absolute Gasteiger partial charge is 0.508 e. The fourth-order valence-electron chi connectivity index (χ4n) is 2.01. The van der Waals surface area contributed by atoms with Crippen LogP contribution in [0.3, 0.4) is 0 Å². The second kappa shape index (κ2) is 7.88. The average molecular weight is 354 g/mol.